The lowest BCUT2D eigenvalue weighted by molar-refractivity contribution is 0.0465. The molecule has 0 fully saturated rings. The van der Waals surface area contributed by atoms with Crippen LogP contribution < -0.4 is 0 Å². The van der Waals surface area contributed by atoms with Gasteiger partial charge in [0.2, 0.25) is 5.78 Å². The third-order valence-electron chi connectivity index (χ3n) is 3.67. The average Bonchev–Trinajstić information content (AvgIpc) is 2.88. The standard InChI is InChI=1S/C18H13F2NO3/c1-10-16(11-5-2-3-8-14(11)21-10)15(22)9-24-18(23)17-12(19)6-4-7-13(17)20/h2-8,21H,9H2,1H3. The highest BCUT2D eigenvalue weighted by molar-refractivity contribution is 6.10. The second-order valence-electron chi connectivity index (χ2n) is 5.27. The zero-order valence-electron chi connectivity index (χ0n) is 12.7. The largest absolute Gasteiger partial charge is 0.454 e. The highest BCUT2D eigenvalue weighted by Crippen LogP contribution is 2.22. The number of ketones is 1. The van der Waals surface area contributed by atoms with Gasteiger partial charge in [-0.05, 0) is 25.1 Å². The maximum absolute atomic E-state index is 13.5. The molecule has 122 valence electrons. The number of carbonyl (C=O) groups excluding carboxylic acids is 2. The number of Topliss-reactive ketones (excluding diaryl/α,β-unsaturated/α-hetero) is 1. The molecular formula is C18H13F2NO3. The molecule has 0 aliphatic heterocycles. The number of esters is 1. The summed E-state index contributed by atoms with van der Waals surface area (Å²) in [6.45, 7) is 1.13. The van der Waals surface area contributed by atoms with Gasteiger partial charge in [0.25, 0.3) is 0 Å². The average molecular weight is 329 g/mol. The number of aryl methyl sites for hydroxylation is 1. The van der Waals surface area contributed by atoms with Gasteiger partial charge in [0.05, 0.1) is 0 Å². The topological polar surface area (TPSA) is 59.2 Å². The van der Waals surface area contributed by atoms with Crippen molar-refractivity contribution in [1.82, 2.24) is 4.98 Å². The Morgan fingerprint density at radius 1 is 1.00 bits per heavy atom. The predicted molar refractivity (Wildman–Crippen MR) is 84.0 cm³/mol. The minimum atomic E-state index is -1.21. The lowest BCUT2D eigenvalue weighted by Gasteiger charge is -2.06. The number of para-hydroxylation sites is 1. The summed E-state index contributed by atoms with van der Waals surface area (Å²) < 4.78 is 31.9. The number of hydrogen-bond donors (Lipinski definition) is 1. The number of carbonyl (C=O) groups is 2. The van der Waals surface area contributed by atoms with Crippen molar-refractivity contribution in [2.45, 2.75) is 6.92 Å². The second kappa shape index (κ2) is 6.23. The summed E-state index contributed by atoms with van der Waals surface area (Å²) in [7, 11) is 0. The summed E-state index contributed by atoms with van der Waals surface area (Å²) in [5.41, 5.74) is 1.01. The Morgan fingerprint density at radius 3 is 2.38 bits per heavy atom. The Hall–Kier alpha value is -3.02. The van der Waals surface area contributed by atoms with Gasteiger partial charge in [0.1, 0.15) is 17.2 Å². The number of aromatic nitrogens is 1. The predicted octanol–water partition coefficient (Wildman–Crippen LogP) is 3.79. The van der Waals surface area contributed by atoms with Crippen LogP contribution in [-0.4, -0.2) is 23.3 Å². The molecule has 0 spiro atoms. The lowest BCUT2D eigenvalue weighted by atomic mass is 10.1. The van der Waals surface area contributed by atoms with Crippen molar-refractivity contribution < 1.29 is 23.1 Å². The van der Waals surface area contributed by atoms with E-state index in [9.17, 15) is 18.4 Å². The number of halogens is 2. The second-order valence-corrected chi connectivity index (χ2v) is 5.27. The molecule has 0 aliphatic carbocycles. The molecule has 0 unspecified atom stereocenters. The first kappa shape index (κ1) is 15.9. The summed E-state index contributed by atoms with van der Waals surface area (Å²) in [6, 6.07) is 10.2. The first-order valence-corrected chi connectivity index (χ1v) is 7.20. The molecule has 0 atom stereocenters. The van der Waals surface area contributed by atoms with E-state index in [1.165, 1.54) is 0 Å². The molecule has 0 aliphatic rings. The van der Waals surface area contributed by atoms with Crippen LogP contribution in [0.25, 0.3) is 10.9 Å². The Labute approximate surface area is 136 Å². The van der Waals surface area contributed by atoms with E-state index in [2.05, 4.69) is 4.98 Å². The maximum Gasteiger partial charge on any atom is 0.344 e. The van der Waals surface area contributed by atoms with Crippen LogP contribution in [0.2, 0.25) is 0 Å². The highest BCUT2D eigenvalue weighted by Gasteiger charge is 2.21. The van der Waals surface area contributed by atoms with Gasteiger partial charge in [0, 0.05) is 22.2 Å². The van der Waals surface area contributed by atoms with E-state index in [1.54, 1.807) is 19.1 Å². The Kier molecular flexibility index (Phi) is 4.12. The van der Waals surface area contributed by atoms with Crippen LogP contribution in [-0.2, 0) is 4.74 Å². The van der Waals surface area contributed by atoms with Gasteiger partial charge in [-0.3, -0.25) is 4.79 Å². The molecule has 2 aromatic carbocycles. The molecule has 0 saturated heterocycles. The number of ether oxygens (including phenoxy) is 1. The van der Waals surface area contributed by atoms with Crippen LogP contribution >= 0.6 is 0 Å². The number of H-pyrrole nitrogens is 1. The third kappa shape index (κ3) is 2.78. The van der Waals surface area contributed by atoms with Crippen LogP contribution in [0.1, 0.15) is 26.4 Å². The fourth-order valence-electron chi connectivity index (χ4n) is 2.60. The van der Waals surface area contributed by atoms with Crippen molar-refractivity contribution in [2.75, 3.05) is 6.61 Å². The smallest absolute Gasteiger partial charge is 0.344 e. The number of rotatable bonds is 4. The number of benzene rings is 2. The molecule has 4 nitrogen and oxygen atoms in total. The van der Waals surface area contributed by atoms with Crippen molar-refractivity contribution in [2.24, 2.45) is 0 Å². The minimum absolute atomic E-state index is 0.396. The Morgan fingerprint density at radius 2 is 1.67 bits per heavy atom. The fourth-order valence-corrected chi connectivity index (χ4v) is 2.60. The molecule has 3 aromatic rings. The molecule has 1 aromatic heterocycles. The van der Waals surface area contributed by atoms with Crippen LogP contribution in [0, 0.1) is 18.6 Å². The molecule has 3 rings (SSSR count). The molecule has 1 heterocycles. The molecule has 0 radical (unpaired) electrons. The first-order chi connectivity index (χ1) is 11.5. The summed E-state index contributed by atoms with van der Waals surface area (Å²) in [5, 5.41) is 0.702. The molecule has 0 amide bonds. The van der Waals surface area contributed by atoms with Crippen LogP contribution in [0.5, 0.6) is 0 Å². The normalized spacial score (nSPS) is 10.8. The summed E-state index contributed by atoms with van der Waals surface area (Å²) in [4.78, 5) is 27.3. The van der Waals surface area contributed by atoms with Crippen LogP contribution in [0.4, 0.5) is 8.78 Å². The van der Waals surface area contributed by atoms with E-state index in [4.69, 9.17) is 4.74 Å². The van der Waals surface area contributed by atoms with Gasteiger partial charge in [-0.15, -0.1) is 0 Å². The van der Waals surface area contributed by atoms with Gasteiger partial charge in [-0.25, -0.2) is 13.6 Å². The number of fused-ring (bicyclic) bond motifs is 1. The Balaban J connectivity index is 1.80. The highest BCUT2D eigenvalue weighted by atomic mass is 19.1. The molecule has 0 bridgehead atoms. The summed E-state index contributed by atoms with van der Waals surface area (Å²) >= 11 is 0. The van der Waals surface area contributed by atoms with Gasteiger partial charge < -0.3 is 9.72 Å². The van der Waals surface area contributed by atoms with Crippen LogP contribution in [0.15, 0.2) is 42.5 Å². The molecule has 0 saturated carbocycles. The lowest BCUT2D eigenvalue weighted by Crippen LogP contribution is -2.17. The van der Waals surface area contributed by atoms with E-state index in [1.807, 2.05) is 12.1 Å². The summed E-state index contributed by atoms with van der Waals surface area (Å²) in [6.07, 6.45) is 0. The number of aromatic amines is 1. The molecule has 24 heavy (non-hydrogen) atoms. The Bertz CT molecular complexity index is 926. The SMILES string of the molecule is Cc1[nH]c2ccccc2c1C(=O)COC(=O)c1c(F)cccc1F. The van der Waals surface area contributed by atoms with E-state index >= 15 is 0 Å². The van der Waals surface area contributed by atoms with E-state index in [0.29, 0.717) is 16.6 Å². The van der Waals surface area contributed by atoms with Crippen molar-refractivity contribution in [3.8, 4) is 0 Å². The fraction of sp³-hybridized carbons (Fsp3) is 0.111. The van der Waals surface area contributed by atoms with E-state index in [0.717, 1.165) is 23.7 Å². The monoisotopic (exact) mass is 329 g/mol. The minimum Gasteiger partial charge on any atom is -0.454 e. The van der Waals surface area contributed by atoms with Crippen molar-refractivity contribution >= 4 is 22.7 Å². The quantitative estimate of drug-likeness (QED) is 0.585. The molecular weight excluding hydrogens is 316 g/mol. The number of hydrogen-bond acceptors (Lipinski definition) is 3. The van der Waals surface area contributed by atoms with Gasteiger partial charge in [-0.2, -0.15) is 0 Å². The van der Waals surface area contributed by atoms with Crippen molar-refractivity contribution in [3.63, 3.8) is 0 Å². The number of nitrogens with one attached hydrogen (secondary N) is 1. The van der Waals surface area contributed by atoms with Gasteiger partial charge >= 0.3 is 5.97 Å². The van der Waals surface area contributed by atoms with Gasteiger partial charge in [0.15, 0.2) is 6.61 Å². The molecule has 1 N–H and O–H groups in total. The van der Waals surface area contributed by atoms with E-state index in [-0.39, 0.29) is 0 Å². The van der Waals surface area contributed by atoms with Crippen molar-refractivity contribution in [3.05, 3.63) is 70.9 Å². The van der Waals surface area contributed by atoms with Gasteiger partial charge in [-0.1, -0.05) is 24.3 Å². The van der Waals surface area contributed by atoms with Crippen molar-refractivity contribution in [1.29, 1.82) is 0 Å². The summed E-state index contributed by atoms with van der Waals surface area (Å²) in [5.74, 6) is -3.72. The first-order valence-electron chi connectivity index (χ1n) is 7.20. The zero-order valence-corrected chi connectivity index (χ0v) is 12.7. The van der Waals surface area contributed by atoms with Crippen LogP contribution in [0.3, 0.4) is 0 Å². The van der Waals surface area contributed by atoms with E-state index < -0.39 is 35.6 Å². The zero-order chi connectivity index (χ0) is 17.3. The maximum atomic E-state index is 13.5. The third-order valence-corrected chi connectivity index (χ3v) is 3.67. The molecule has 6 heteroatoms.